The van der Waals surface area contributed by atoms with Crippen LogP contribution in [0.4, 0.5) is 5.69 Å². The first-order valence-electron chi connectivity index (χ1n) is 6.03. The number of rotatable bonds is 5. The average Bonchev–Trinajstić information content (AvgIpc) is 2.44. The van der Waals surface area contributed by atoms with E-state index in [0.29, 0.717) is 6.54 Å². The van der Waals surface area contributed by atoms with Crippen LogP contribution in [0.25, 0.3) is 0 Å². The summed E-state index contributed by atoms with van der Waals surface area (Å²) in [6.45, 7) is 0.932. The molecule has 2 nitrogen and oxygen atoms in total. The molecule has 1 N–H and O–H groups in total. The minimum Gasteiger partial charge on any atom is -0.481 e. The Hall–Kier alpha value is -1.44. The summed E-state index contributed by atoms with van der Waals surface area (Å²) < 4.78 is 7.60. The van der Waals surface area contributed by atoms with E-state index in [1.54, 1.807) is 0 Å². The van der Waals surface area contributed by atoms with Gasteiger partial charge in [0.1, 0.15) is 12.4 Å². The lowest BCUT2D eigenvalue weighted by atomic mass is 10.2. The highest BCUT2D eigenvalue weighted by Gasteiger charge is 2.05. The summed E-state index contributed by atoms with van der Waals surface area (Å²) in [6, 6.07) is 13.9. The largest absolute Gasteiger partial charge is 0.481 e. The van der Waals surface area contributed by atoms with Gasteiger partial charge in [0.15, 0.2) is 0 Å². The molecule has 0 spiro atoms. The predicted molar refractivity (Wildman–Crippen MR) is 89.9 cm³/mol. The van der Waals surface area contributed by atoms with Crippen LogP contribution in [0, 0.1) is 12.3 Å². The molecule has 0 atom stereocenters. The summed E-state index contributed by atoms with van der Waals surface area (Å²) in [7, 11) is 0. The summed E-state index contributed by atoms with van der Waals surface area (Å²) in [4.78, 5) is 0. The summed E-state index contributed by atoms with van der Waals surface area (Å²) in [5, 5.41) is 3.36. The van der Waals surface area contributed by atoms with Gasteiger partial charge in [-0.2, -0.15) is 0 Å². The van der Waals surface area contributed by atoms with Gasteiger partial charge in [-0.15, -0.1) is 6.42 Å². The van der Waals surface area contributed by atoms with E-state index in [9.17, 15) is 0 Å². The van der Waals surface area contributed by atoms with Crippen LogP contribution < -0.4 is 10.1 Å². The van der Waals surface area contributed by atoms with Gasteiger partial charge in [-0.1, -0.05) is 43.8 Å². The highest BCUT2D eigenvalue weighted by atomic mass is 79.9. The number of terminal acetylenes is 1. The van der Waals surface area contributed by atoms with E-state index in [2.05, 4.69) is 43.1 Å². The third-order valence-electron chi connectivity index (χ3n) is 2.64. The molecule has 0 fully saturated rings. The molecule has 20 heavy (non-hydrogen) atoms. The maximum Gasteiger partial charge on any atom is 0.148 e. The van der Waals surface area contributed by atoms with Crippen LogP contribution in [0.1, 0.15) is 5.56 Å². The number of ether oxygens (including phenoxy) is 1. The van der Waals surface area contributed by atoms with Gasteiger partial charge in [-0.3, -0.25) is 0 Å². The first kappa shape index (κ1) is 15.0. The van der Waals surface area contributed by atoms with E-state index in [-0.39, 0.29) is 6.61 Å². The average molecular weight is 395 g/mol. The van der Waals surface area contributed by atoms with Gasteiger partial charge >= 0.3 is 0 Å². The standard InChI is InChI=1S/C16H13Br2NO/c1-2-8-20-16-7-6-14(18)9-12(16)11-19-15-5-3-4-13(17)10-15/h1,3-7,9-10,19H,8,11H2. The lowest BCUT2D eigenvalue weighted by molar-refractivity contribution is 0.366. The fourth-order valence-corrected chi connectivity index (χ4v) is 2.55. The lowest BCUT2D eigenvalue weighted by Crippen LogP contribution is -2.03. The molecule has 0 saturated carbocycles. The van der Waals surface area contributed by atoms with Gasteiger partial charge in [0, 0.05) is 26.7 Å². The van der Waals surface area contributed by atoms with Crippen molar-refractivity contribution >= 4 is 37.5 Å². The molecule has 0 heterocycles. The monoisotopic (exact) mass is 393 g/mol. The van der Waals surface area contributed by atoms with Crippen LogP contribution in [0.15, 0.2) is 51.4 Å². The number of nitrogens with one attached hydrogen (secondary N) is 1. The zero-order valence-corrected chi connectivity index (χ0v) is 13.9. The van der Waals surface area contributed by atoms with Gasteiger partial charge < -0.3 is 10.1 Å². The number of anilines is 1. The number of halogens is 2. The summed E-state index contributed by atoms with van der Waals surface area (Å²) in [6.07, 6.45) is 5.23. The Bertz CT molecular complexity index is 635. The molecule has 0 aliphatic rings. The number of benzene rings is 2. The molecule has 2 aromatic rings. The van der Waals surface area contributed by atoms with Crippen molar-refractivity contribution in [3.05, 3.63) is 57.0 Å². The van der Waals surface area contributed by atoms with Crippen molar-refractivity contribution in [1.82, 2.24) is 0 Å². The molecule has 0 aliphatic heterocycles. The second kappa shape index (κ2) is 7.37. The van der Waals surface area contributed by atoms with Crippen molar-refractivity contribution in [2.24, 2.45) is 0 Å². The molecule has 0 aliphatic carbocycles. The van der Waals surface area contributed by atoms with Gasteiger partial charge in [0.2, 0.25) is 0 Å². The second-order valence-corrected chi connectivity index (χ2v) is 5.94. The smallest absolute Gasteiger partial charge is 0.148 e. The predicted octanol–water partition coefficient (Wildman–Crippen LogP) is 4.84. The van der Waals surface area contributed by atoms with Crippen molar-refractivity contribution < 1.29 is 4.74 Å². The van der Waals surface area contributed by atoms with E-state index in [4.69, 9.17) is 11.2 Å². The Morgan fingerprint density at radius 2 is 1.90 bits per heavy atom. The number of hydrogen-bond acceptors (Lipinski definition) is 2. The van der Waals surface area contributed by atoms with Gasteiger partial charge in [0.25, 0.3) is 0 Å². The van der Waals surface area contributed by atoms with E-state index in [0.717, 1.165) is 25.9 Å². The van der Waals surface area contributed by atoms with E-state index < -0.39 is 0 Å². The Labute approximate surface area is 135 Å². The van der Waals surface area contributed by atoms with Crippen LogP contribution in [0.2, 0.25) is 0 Å². The highest BCUT2D eigenvalue weighted by molar-refractivity contribution is 9.10. The molecule has 2 aromatic carbocycles. The van der Waals surface area contributed by atoms with Crippen LogP contribution in [-0.4, -0.2) is 6.61 Å². The minimum absolute atomic E-state index is 0.269. The van der Waals surface area contributed by atoms with Gasteiger partial charge in [-0.05, 0) is 36.4 Å². The molecular formula is C16H13Br2NO. The molecule has 0 amide bonds. The number of hydrogen-bond donors (Lipinski definition) is 1. The van der Waals surface area contributed by atoms with Crippen molar-refractivity contribution in [3.8, 4) is 18.1 Å². The molecular weight excluding hydrogens is 382 g/mol. The molecule has 4 heteroatoms. The van der Waals surface area contributed by atoms with Crippen LogP contribution in [-0.2, 0) is 6.54 Å². The summed E-state index contributed by atoms with van der Waals surface area (Å²) in [5.74, 6) is 3.28. The molecule has 0 radical (unpaired) electrons. The Morgan fingerprint density at radius 1 is 1.10 bits per heavy atom. The van der Waals surface area contributed by atoms with Crippen molar-refractivity contribution in [1.29, 1.82) is 0 Å². The van der Waals surface area contributed by atoms with E-state index >= 15 is 0 Å². The Balaban J connectivity index is 2.11. The molecule has 0 bridgehead atoms. The van der Waals surface area contributed by atoms with E-state index in [1.807, 2.05) is 42.5 Å². The fraction of sp³-hybridized carbons (Fsp3) is 0.125. The first-order chi connectivity index (χ1) is 9.69. The van der Waals surface area contributed by atoms with Crippen molar-refractivity contribution in [2.75, 3.05) is 11.9 Å². The highest BCUT2D eigenvalue weighted by Crippen LogP contribution is 2.25. The lowest BCUT2D eigenvalue weighted by Gasteiger charge is -2.12. The molecule has 2 rings (SSSR count). The van der Waals surface area contributed by atoms with E-state index in [1.165, 1.54) is 0 Å². The topological polar surface area (TPSA) is 21.3 Å². The summed E-state index contributed by atoms with van der Waals surface area (Å²) >= 11 is 6.93. The molecule has 0 aromatic heterocycles. The van der Waals surface area contributed by atoms with Crippen LogP contribution >= 0.6 is 31.9 Å². The summed E-state index contributed by atoms with van der Waals surface area (Å²) in [5.41, 5.74) is 2.09. The van der Waals surface area contributed by atoms with Crippen LogP contribution in [0.3, 0.4) is 0 Å². The quantitative estimate of drug-likeness (QED) is 0.733. The zero-order valence-electron chi connectivity index (χ0n) is 10.7. The normalized spacial score (nSPS) is 9.85. The van der Waals surface area contributed by atoms with Crippen molar-refractivity contribution in [3.63, 3.8) is 0 Å². The van der Waals surface area contributed by atoms with Crippen LogP contribution in [0.5, 0.6) is 5.75 Å². The third kappa shape index (κ3) is 4.29. The SMILES string of the molecule is C#CCOc1ccc(Br)cc1CNc1cccc(Br)c1. The maximum atomic E-state index is 5.55. The van der Waals surface area contributed by atoms with Gasteiger partial charge in [0.05, 0.1) is 0 Å². The van der Waals surface area contributed by atoms with Gasteiger partial charge in [-0.25, -0.2) is 0 Å². The first-order valence-corrected chi connectivity index (χ1v) is 7.62. The molecule has 102 valence electrons. The second-order valence-electron chi connectivity index (χ2n) is 4.11. The Kier molecular flexibility index (Phi) is 5.51. The molecule has 0 saturated heterocycles. The Morgan fingerprint density at radius 3 is 2.65 bits per heavy atom. The zero-order chi connectivity index (χ0) is 14.4. The maximum absolute atomic E-state index is 5.55. The third-order valence-corrected chi connectivity index (χ3v) is 3.63. The minimum atomic E-state index is 0.269. The molecule has 0 unspecified atom stereocenters. The fourth-order valence-electron chi connectivity index (χ4n) is 1.74. The van der Waals surface area contributed by atoms with Crippen molar-refractivity contribution in [2.45, 2.75) is 6.54 Å².